The van der Waals surface area contributed by atoms with Crippen molar-refractivity contribution in [2.24, 2.45) is 0 Å². The Balaban J connectivity index is 2.41. The number of rotatable bonds is 6. The number of hydrogen-bond acceptors (Lipinski definition) is 5. The zero-order chi connectivity index (χ0) is 12.9. The third-order valence-corrected chi connectivity index (χ3v) is 3.35. The Labute approximate surface area is 99.6 Å². The zero-order valence-electron chi connectivity index (χ0n) is 9.69. The Bertz CT molecular complexity index is 480. The van der Waals surface area contributed by atoms with E-state index < -0.39 is 15.9 Å². The van der Waals surface area contributed by atoms with Crippen LogP contribution in [-0.4, -0.2) is 31.8 Å². The number of anilines is 1. The fourth-order valence-electron chi connectivity index (χ4n) is 1.13. The van der Waals surface area contributed by atoms with Crippen molar-refractivity contribution in [3.63, 3.8) is 0 Å². The Hall–Kier alpha value is -1.41. The number of carbonyl (C=O) groups is 1. The van der Waals surface area contributed by atoms with Crippen LogP contribution in [0.3, 0.4) is 0 Å². The van der Waals surface area contributed by atoms with Crippen molar-refractivity contribution in [3.05, 3.63) is 11.8 Å². The Morgan fingerprint density at radius 2 is 2.24 bits per heavy atom. The van der Waals surface area contributed by atoms with Crippen LogP contribution in [-0.2, 0) is 14.8 Å². The molecule has 0 spiro atoms. The predicted molar refractivity (Wildman–Crippen MR) is 62.0 cm³/mol. The molecule has 2 N–H and O–H groups in total. The minimum Gasteiger partial charge on any atom is -0.360 e. The van der Waals surface area contributed by atoms with Gasteiger partial charge in [0, 0.05) is 6.07 Å². The van der Waals surface area contributed by atoms with Gasteiger partial charge in [0.15, 0.2) is 5.82 Å². The number of amides is 1. The van der Waals surface area contributed by atoms with Crippen LogP contribution < -0.4 is 10.0 Å². The molecule has 0 aliphatic carbocycles. The van der Waals surface area contributed by atoms with E-state index in [4.69, 9.17) is 4.52 Å². The molecule has 1 amide bonds. The number of sulfonamides is 1. The maximum atomic E-state index is 11.4. The highest BCUT2D eigenvalue weighted by Crippen LogP contribution is 2.06. The standard InChI is InChI=1S/C9H15N3O4S/c1-3-4-17(14,15)10-6-9(13)11-8-5-7(2)16-12-8/h5,10H,3-4,6H2,1-2H3,(H,11,12,13). The largest absolute Gasteiger partial charge is 0.360 e. The third-order valence-electron chi connectivity index (χ3n) is 1.82. The van der Waals surface area contributed by atoms with Crippen LogP contribution >= 0.6 is 0 Å². The monoisotopic (exact) mass is 261 g/mol. The maximum Gasteiger partial charge on any atom is 0.240 e. The molecule has 8 heteroatoms. The Morgan fingerprint density at radius 3 is 2.76 bits per heavy atom. The first-order chi connectivity index (χ1) is 7.93. The van der Waals surface area contributed by atoms with Gasteiger partial charge < -0.3 is 9.84 Å². The van der Waals surface area contributed by atoms with Crippen LogP contribution in [0.5, 0.6) is 0 Å². The molecule has 0 radical (unpaired) electrons. The van der Waals surface area contributed by atoms with E-state index in [2.05, 4.69) is 15.2 Å². The molecule has 1 aromatic heterocycles. The number of aromatic nitrogens is 1. The Morgan fingerprint density at radius 1 is 1.53 bits per heavy atom. The van der Waals surface area contributed by atoms with Crippen molar-refractivity contribution < 1.29 is 17.7 Å². The second kappa shape index (κ2) is 5.78. The molecule has 17 heavy (non-hydrogen) atoms. The predicted octanol–water partition coefficient (Wildman–Crippen LogP) is 0.251. The molecule has 0 atom stereocenters. The zero-order valence-corrected chi connectivity index (χ0v) is 10.5. The molecule has 0 aliphatic rings. The fraction of sp³-hybridized carbons (Fsp3) is 0.556. The maximum absolute atomic E-state index is 11.4. The van der Waals surface area contributed by atoms with Gasteiger partial charge in [0.2, 0.25) is 15.9 Å². The molecular formula is C9H15N3O4S. The summed E-state index contributed by atoms with van der Waals surface area (Å²) >= 11 is 0. The van der Waals surface area contributed by atoms with E-state index >= 15 is 0 Å². The van der Waals surface area contributed by atoms with Gasteiger partial charge in [-0.1, -0.05) is 12.1 Å². The van der Waals surface area contributed by atoms with Crippen molar-refractivity contribution in [1.82, 2.24) is 9.88 Å². The van der Waals surface area contributed by atoms with Crippen LogP contribution in [0.15, 0.2) is 10.6 Å². The molecular weight excluding hydrogens is 246 g/mol. The molecule has 1 rings (SSSR count). The lowest BCUT2D eigenvalue weighted by atomic mass is 10.5. The summed E-state index contributed by atoms with van der Waals surface area (Å²) in [5, 5.41) is 5.96. The lowest BCUT2D eigenvalue weighted by Crippen LogP contribution is -2.34. The van der Waals surface area contributed by atoms with Gasteiger partial charge >= 0.3 is 0 Å². The first-order valence-corrected chi connectivity index (χ1v) is 6.78. The van der Waals surface area contributed by atoms with E-state index in [-0.39, 0.29) is 18.1 Å². The van der Waals surface area contributed by atoms with Crippen molar-refractivity contribution in [2.45, 2.75) is 20.3 Å². The highest BCUT2D eigenvalue weighted by Gasteiger charge is 2.12. The van der Waals surface area contributed by atoms with Crippen LogP contribution in [0.4, 0.5) is 5.82 Å². The molecule has 0 bridgehead atoms. The van der Waals surface area contributed by atoms with E-state index in [1.807, 2.05) is 0 Å². The minimum atomic E-state index is -3.37. The number of nitrogens with zero attached hydrogens (tertiary/aromatic N) is 1. The molecule has 7 nitrogen and oxygen atoms in total. The van der Waals surface area contributed by atoms with E-state index in [0.717, 1.165) is 0 Å². The highest BCUT2D eigenvalue weighted by atomic mass is 32.2. The highest BCUT2D eigenvalue weighted by molar-refractivity contribution is 7.89. The molecule has 0 saturated carbocycles. The first kappa shape index (κ1) is 13.7. The topological polar surface area (TPSA) is 101 Å². The number of carbonyl (C=O) groups excluding carboxylic acids is 1. The van der Waals surface area contributed by atoms with Crippen LogP contribution in [0.1, 0.15) is 19.1 Å². The SMILES string of the molecule is CCCS(=O)(=O)NCC(=O)Nc1cc(C)on1. The summed E-state index contributed by atoms with van der Waals surface area (Å²) in [5.41, 5.74) is 0. The Kier molecular flexibility index (Phi) is 4.64. The summed E-state index contributed by atoms with van der Waals surface area (Å²) in [5.74, 6) is 0.343. The second-order valence-electron chi connectivity index (χ2n) is 3.51. The quantitative estimate of drug-likeness (QED) is 0.764. The summed E-state index contributed by atoms with van der Waals surface area (Å²) in [4.78, 5) is 11.4. The molecule has 96 valence electrons. The average molecular weight is 261 g/mol. The molecule has 0 saturated heterocycles. The molecule has 0 aromatic carbocycles. The summed E-state index contributed by atoms with van der Waals surface area (Å²) in [6.45, 7) is 3.12. The van der Waals surface area contributed by atoms with Crippen molar-refractivity contribution in [1.29, 1.82) is 0 Å². The smallest absolute Gasteiger partial charge is 0.240 e. The molecule has 1 aromatic rings. The van der Waals surface area contributed by atoms with E-state index in [0.29, 0.717) is 12.2 Å². The van der Waals surface area contributed by atoms with E-state index in [9.17, 15) is 13.2 Å². The molecule has 0 fully saturated rings. The van der Waals surface area contributed by atoms with Crippen LogP contribution in [0.2, 0.25) is 0 Å². The number of nitrogens with one attached hydrogen (secondary N) is 2. The second-order valence-corrected chi connectivity index (χ2v) is 5.44. The summed E-state index contributed by atoms with van der Waals surface area (Å²) < 4.78 is 29.5. The van der Waals surface area contributed by atoms with Gasteiger partial charge in [-0.15, -0.1) is 0 Å². The van der Waals surface area contributed by atoms with Crippen LogP contribution in [0, 0.1) is 6.92 Å². The number of hydrogen-bond donors (Lipinski definition) is 2. The van der Waals surface area contributed by atoms with E-state index in [1.165, 1.54) is 0 Å². The van der Waals surface area contributed by atoms with Gasteiger partial charge in [0.25, 0.3) is 0 Å². The van der Waals surface area contributed by atoms with Gasteiger partial charge in [-0.25, -0.2) is 13.1 Å². The molecule has 0 aliphatic heterocycles. The van der Waals surface area contributed by atoms with Gasteiger partial charge in [-0.2, -0.15) is 0 Å². The summed E-state index contributed by atoms with van der Waals surface area (Å²) in [6.07, 6.45) is 0.499. The third kappa shape index (κ3) is 4.96. The lowest BCUT2D eigenvalue weighted by molar-refractivity contribution is -0.115. The van der Waals surface area contributed by atoms with Crippen molar-refractivity contribution in [2.75, 3.05) is 17.6 Å². The molecule has 1 heterocycles. The van der Waals surface area contributed by atoms with Gasteiger partial charge in [-0.3, -0.25) is 4.79 Å². The van der Waals surface area contributed by atoms with Crippen molar-refractivity contribution >= 4 is 21.7 Å². The van der Waals surface area contributed by atoms with Crippen molar-refractivity contribution in [3.8, 4) is 0 Å². The minimum absolute atomic E-state index is 0.00332. The fourth-order valence-corrected chi connectivity index (χ4v) is 2.16. The van der Waals surface area contributed by atoms with Gasteiger partial charge in [-0.05, 0) is 13.3 Å². The lowest BCUT2D eigenvalue weighted by Gasteiger charge is -2.04. The average Bonchev–Trinajstić information content (AvgIpc) is 2.61. The summed E-state index contributed by atoms with van der Waals surface area (Å²) in [6, 6.07) is 1.54. The van der Waals surface area contributed by atoms with E-state index in [1.54, 1.807) is 19.9 Å². The van der Waals surface area contributed by atoms with Crippen LogP contribution in [0.25, 0.3) is 0 Å². The van der Waals surface area contributed by atoms with Gasteiger partial charge in [0.05, 0.1) is 12.3 Å². The number of aryl methyl sites for hydroxylation is 1. The molecule has 0 unspecified atom stereocenters. The normalized spacial score (nSPS) is 11.4. The summed E-state index contributed by atoms with van der Waals surface area (Å²) in [7, 11) is -3.37. The van der Waals surface area contributed by atoms with Gasteiger partial charge in [0.1, 0.15) is 5.76 Å². The first-order valence-electron chi connectivity index (χ1n) is 5.13.